The van der Waals surface area contributed by atoms with E-state index < -0.39 is 0 Å². The van der Waals surface area contributed by atoms with Crippen LogP contribution >= 0.6 is 27.5 Å². The molecule has 0 fully saturated rings. The Hall–Kier alpha value is -0.380. The van der Waals surface area contributed by atoms with E-state index in [1.54, 1.807) is 6.07 Å². The standard InChI is InChI=1S/C12H15BrClNO/c1-2-8(7-15)12(16)5-9-3-4-10(13)6-11(9)14/h3-4,6,8H,2,5,7,15H2,1H3. The van der Waals surface area contributed by atoms with Gasteiger partial charge < -0.3 is 5.73 Å². The van der Waals surface area contributed by atoms with Crippen LogP contribution in [0.2, 0.25) is 5.02 Å². The lowest BCUT2D eigenvalue weighted by atomic mass is 9.96. The Balaban J connectivity index is 2.76. The lowest BCUT2D eigenvalue weighted by molar-refractivity contribution is -0.122. The summed E-state index contributed by atoms with van der Waals surface area (Å²) in [5.41, 5.74) is 6.40. The van der Waals surface area contributed by atoms with Gasteiger partial charge in [-0.25, -0.2) is 0 Å². The van der Waals surface area contributed by atoms with E-state index in [9.17, 15) is 4.79 Å². The molecule has 0 heterocycles. The van der Waals surface area contributed by atoms with Crippen LogP contribution in [0.5, 0.6) is 0 Å². The molecule has 1 unspecified atom stereocenters. The number of nitrogens with two attached hydrogens (primary N) is 1. The molecule has 1 aromatic carbocycles. The maximum absolute atomic E-state index is 11.9. The minimum Gasteiger partial charge on any atom is -0.330 e. The van der Waals surface area contributed by atoms with Crippen molar-refractivity contribution in [1.29, 1.82) is 0 Å². The van der Waals surface area contributed by atoms with Crippen molar-refractivity contribution < 1.29 is 4.79 Å². The van der Waals surface area contributed by atoms with E-state index in [1.165, 1.54) is 0 Å². The van der Waals surface area contributed by atoms with Gasteiger partial charge in [-0.3, -0.25) is 4.79 Å². The molecular formula is C12H15BrClNO. The number of carbonyl (C=O) groups excluding carboxylic acids is 1. The van der Waals surface area contributed by atoms with E-state index in [-0.39, 0.29) is 11.7 Å². The van der Waals surface area contributed by atoms with Gasteiger partial charge in [0.15, 0.2) is 0 Å². The van der Waals surface area contributed by atoms with Gasteiger partial charge in [-0.1, -0.05) is 40.5 Å². The minimum absolute atomic E-state index is 0.0558. The Bertz CT molecular complexity index is 377. The largest absolute Gasteiger partial charge is 0.330 e. The van der Waals surface area contributed by atoms with Crippen molar-refractivity contribution >= 4 is 33.3 Å². The molecule has 0 aliphatic rings. The first-order chi connectivity index (χ1) is 7.58. The number of rotatable bonds is 5. The van der Waals surface area contributed by atoms with Crippen LogP contribution in [0.1, 0.15) is 18.9 Å². The summed E-state index contributed by atoms with van der Waals surface area (Å²) >= 11 is 9.38. The van der Waals surface area contributed by atoms with Crippen molar-refractivity contribution in [2.75, 3.05) is 6.54 Å². The molecule has 88 valence electrons. The van der Waals surface area contributed by atoms with Crippen molar-refractivity contribution in [3.05, 3.63) is 33.3 Å². The zero-order valence-corrected chi connectivity index (χ0v) is 11.5. The van der Waals surface area contributed by atoms with Crippen LogP contribution in [-0.4, -0.2) is 12.3 Å². The van der Waals surface area contributed by atoms with Crippen molar-refractivity contribution in [1.82, 2.24) is 0 Å². The molecule has 4 heteroatoms. The quantitative estimate of drug-likeness (QED) is 0.908. The van der Waals surface area contributed by atoms with Crippen molar-refractivity contribution in [3.8, 4) is 0 Å². The van der Waals surface area contributed by atoms with E-state index >= 15 is 0 Å². The van der Waals surface area contributed by atoms with Gasteiger partial charge in [-0.2, -0.15) is 0 Å². The summed E-state index contributed by atoms with van der Waals surface area (Å²) in [7, 11) is 0. The van der Waals surface area contributed by atoms with E-state index in [0.717, 1.165) is 16.5 Å². The van der Waals surface area contributed by atoms with Gasteiger partial charge in [0, 0.05) is 28.4 Å². The summed E-state index contributed by atoms with van der Waals surface area (Å²) in [6, 6.07) is 5.55. The van der Waals surface area contributed by atoms with Crippen LogP contribution in [0.25, 0.3) is 0 Å². The molecule has 2 nitrogen and oxygen atoms in total. The second-order valence-corrected chi connectivity index (χ2v) is 5.04. The van der Waals surface area contributed by atoms with Crippen LogP contribution in [0, 0.1) is 5.92 Å². The summed E-state index contributed by atoms with van der Waals surface area (Å²) in [5.74, 6) is 0.105. The summed E-state index contributed by atoms with van der Waals surface area (Å²) in [5, 5.41) is 0.620. The average Bonchev–Trinajstić information content (AvgIpc) is 2.24. The van der Waals surface area contributed by atoms with Crippen LogP contribution in [0.15, 0.2) is 22.7 Å². The van der Waals surface area contributed by atoms with Gasteiger partial charge in [0.05, 0.1) is 0 Å². The maximum atomic E-state index is 11.9. The van der Waals surface area contributed by atoms with E-state index in [2.05, 4.69) is 15.9 Å². The summed E-state index contributed by atoms with van der Waals surface area (Å²) in [6.07, 6.45) is 1.14. The van der Waals surface area contributed by atoms with E-state index in [4.69, 9.17) is 17.3 Å². The molecule has 0 saturated carbocycles. The highest BCUT2D eigenvalue weighted by atomic mass is 79.9. The van der Waals surface area contributed by atoms with Gasteiger partial charge in [-0.05, 0) is 24.1 Å². The number of benzene rings is 1. The van der Waals surface area contributed by atoms with Crippen LogP contribution in [0.3, 0.4) is 0 Å². The van der Waals surface area contributed by atoms with Gasteiger partial charge >= 0.3 is 0 Å². The predicted molar refractivity (Wildman–Crippen MR) is 70.7 cm³/mol. The summed E-state index contributed by atoms with van der Waals surface area (Å²) in [6.45, 7) is 2.38. The fourth-order valence-corrected chi connectivity index (χ4v) is 2.26. The third kappa shape index (κ3) is 3.58. The second kappa shape index (κ2) is 6.38. The SMILES string of the molecule is CCC(CN)C(=O)Cc1ccc(Br)cc1Cl. The topological polar surface area (TPSA) is 43.1 Å². The molecule has 1 aromatic rings. The van der Waals surface area contributed by atoms with Gasteiger partial charge in [0.25, 0.3) is 0 Å². The molecule has 0 aliphatic carbocycles. The van der Waals surface area contributed by atoms with Crippen LogP contribution < -0.4 is 5.73 Å². The van der Waals surface area contributed by atoms with Gasteiger partial charge in [-0.15, -0.1) is 0 Å². The lowest BCUT2D eigenvalue weighted by Gasteiger charge is -2.11. The Morgan fingerprint density at radius 2 is 2.25 bits per heavy atom. The molecule has 0 radical (unpaired) electrons. The maximum Gasteiger partial charge on any atom is 0.141 e. The number of hydrogen-bond donors (Lipinski definition) is 1. The molecule has 1 atom stereocenters. The fourth-order valence-electron chi connectivity index (χ4n) is 1.52. The first-order valence-corrected chi connectivity index (χ1v) is 6.42. The van der Waals surface area contributed by atoms with Crippen molar-refractivity contribution in [2.24, 2.45) is 11.7 Å². The van der Waals surface area contributed by atoms with E-state index in [0.29, 0.717) is 18.0 Å². The van der Waals surface area contributed by atoms with Gasteiger partial charge in [0.2, 0.25) is 0 Å². The molecular weight excluding hydrogens is 289 g/mol. The third-order valence-electron chi connectivity index (χ3n) is 2.61. The van der Waals surface area contributed by atoms with E-state index in [1.807, 2.05) is 19.1 Å². The number of carbonyl (C=O) groups is 1. The molecule has 0 aliphatic heterocycles. The highest BCUT2D eigenvalue weighted by molar-refractivity contribution is 9.10. The zero-order chi connectivity index (χ0) is 12.1. The van der Waals surface area contributed by atoms with Crippen molar-refractivity contribution in [3.63, 3.8) is 0 Å². The lowest BCUT2D eigenvalue weighted by Crippen LogP contribution is -2.24. The highest BCUT2D eigenvalue weighted by Crippen LogP contribution is 2.22. The summed E-state index contributed by atoms with van der Waals surface area (Å²) in [4.78, 5) is 11.9. The van der Waals surface area contributed by atoms with Gasteiger partial charge in [0.1, 0.15) is 5.78 Å². The average molecular weight is 305 g/mol. The smallest absolute Gasteiger partial charge is 0.141 e. The second-order valence-electron chi connectivity index (χ2n) is 3.72. The van der Waals surface area contributed by atoms with Crippen molar-refractivity contribution in [2.45, 2.75) is 19.8 Å². The fraction of sp³-hybridized carbons (Fsp3) is 0.417. The number of ketones is 1. The molecule has 0 amide bonds. The number of Topliss-reactive ketones (excluding diaryl/α,β-unsaturated/α-hetero) is 1. The van der Waals surface area contributed by atoms with Crippen LogP contribution in [-0.2, 0) is 11.2 Å². The zero-order valence-electron chi connectivity index (χ0n) is 9.17. The molecule has 0 aromatic heterocycles. The highest BCUT2D eigenvalue weighted by Gasteiger charge is 2.16. The Morgan fingerprint density at radius 3 is 2.75 bits per heavy atom. The van der Waals surface area contributed by atoms with Crippen LogP contribution in [0.4, 0.5) is 0 Å². The molecule has 16 heavy (non-hydrogen) atoms. The first-order valence-electron chi connectivity index (χ1n) is 5.25. The minimum atomic E-state index is -0.0558. The number of halogens is 2. The Morgan fingerprint density at radius 1 is 1.56 bits per heavy atom. The normalized spacial score (nSPS) is 12.5. The molecule has 2 N–H and O–H groups in total. The third-order valence-corrected chi connectivity index (χ3v) is 3.46. The number of hydrogen-bond acceptors (Lipinski definition) is 2. The monoisotopic (exact) mass is 303 g/mol. The molecule has 0 spiro atoms. The molecule has 0 saturated heterocycles. The molecule has 1 rings (SSSR count). The molecule has 0 bridgehead atoms. The first kappa shape index (κ1) is 13.7. The Kier molecular flexibility index (Phi) is 5.46. The predicted octanol–water partition coefficient (Wildman–Crippen LogP) is 3.20. The summed E-state index contributed by atoms with van der Waals surface area (Å²) < 4.78 is 0.916. The Labute approximate surface area is 109 Å².